The molecule has 0 aliphatic carbocycles. The number of benzene rings is 2. The molecule has 0 aliphatic heterocycles. The van der Waals surface area contributed by atoms with E-state index in [1.54, 1.807) is 0 Å². The lowest BCUT2D eigenvalue weighted by molar-refractivity contribution is -0.138. The normalized spacial score (nSPS) is 11.6. The molecular formula is C15H8F6O2. The standard InChI is InChI=1S/C15H8F6O2/c16-11-6-10(12(17)3-7(11)4-14(22)23)9-2-1-8(5-13(9)18)15(19,20)21/h1-3,5-6H,4H2,(H,22,23). The minimum atomic E-state index is -4.77. The Labute approximate surface area is 126 Å². The van der Waals surface area contributed by atoms with Crippen molar-refractivity contribution in [3.8, 4) is 11.1 Å². The van der Waals surface area contributed by atoms with Crippen LogP contribution in [0.25, 0.3) is 11.1 Å². The fourth-order valence-electron chi connectivity index (χ4n) is 2.00. The van der Waals surface area contributed by atoms with Crippen molar-refractivity contribution < 1.29 is 36.2 Å². The average Bonchev–Trinajstić information content (AvgIpc) is 2.41. The predicted molar refractivity (Wildman–Crippen MR) is 68.1 cm³/mol. The summed E-state index contributed by atoms with van der Waals surface area (Å²) in [6, 6.07) is 2.54. The summed E-state index contributed by atoms with van der Waals surface area (Å²) in [5, 5.41) is 8.56. The van der Waals surface area contributed by atoms with E-state index in [1.165, 1.54) is 0 Å². The molecule has 2 nitrogen and oxygen atoms in total. The van der Waals surface area contributed by atoms with E-state index in [4.69, 9.17) is 5.11 Å². The zero-order valence-corrected chi connectivity index (χ0v) is 11.2. The molecule has 0 unspecified atom stereocenters. The molecular weight excluding hydrogens is 326 g/mol. The molecule has 0 radical (unpaired) electrons. The molecule has 0 atom stereocenters. The summed E-state index contributed by atoms with van der Waals surface area (Å²) < 4.78 is 78.9. The van der Waals surface area contributed by atoms with E-state index < -0.39 is 58.3 Å². The third-order valence-electron chi connectivity index (χ3n) is 3.06. The molecule has 0 bridgehead atoms. The van der Waals surface area contributed by atoms with Crippen LogP contribution in [0.3, 0.4) is 0 Å². The van der Waals surface area contributed by atoms with Crippen LogP contribution in [0.5, 0.6) is 0 Å². The van der Waals surface area contributed by atoms with Gasteiger partial charge in [-0.3, -0.25) is 4.79 Å². The summed E-state index contributed by atoms with van der Waals surface area (Å²) in [6.45, 7) is 0. The quantitative estimate of drug-likeness (QED) is 0.844. The summed E-state index contributed by atoms with van der Waals surface area (Å²) in [6.07, 6.45) is -5.55. The van der Waals surface area contributed by atoms with Gasteiger partial charge in [0.25, 0.3) is 0 Å². The number of hydrogen-bond acceptors (Lipinski definition) is 1. The van der Waals surface area contributed by atoms with E-state index in [1.807, 2.05) is 0 Å². The number of hydrogen-bond donors (Lipinski definition) is 1. The first-order chi connectivity index (χ1) is 10.6. The van der Waals surface area contributed by atoms with Crippen molar-refractivity contribution >= 4 is 5.97 Å². The van der Waals surface area contributed by atoms with Crippen LogP contribution in [0.4, 0.5) is 26.3 Å². The summed E-state index contributed by atoms with van der Waals surface area (Å²) in [5.74, 6) is -5.00. The zero-order chi connectivity index (χ0) is 17.4. The molecule has 0 fully saturated rings. The number of carbonyl (C=O) groups is 1. The van der Waals surface area contributed by atoms with E-state index in [-0.39, 0.29) is 6.07 Å². The van der Waals surface area contributed by atoms with Gasteiger partial charge in [-0.1, -0.05) is 6.07 Å². The lowest BCUT2D eigenvalue weighted by Crippen LogP contribution is -2.06. The van der Waals surface area contributed by atoms with Gasteiger partial charge in [0.2, 0.25) is 0 Å². The number of carboxylic acids is 1. The molecule has 0 heterocycles. The van der Waals surface area contributed by atoms with E-state index in [0.29, 0.717) is 24.3 Å². The van der Waals surface area contributed by atoms with Gasteiger partial charge in [0.05, 0.1) is 12.0 Å². The minimum Gasteiger partial charge on any atom is -0.481 e. The van der Waals surface area contributed by atoms with Crippen molar-refractivity contribution in [2.24, 2.45) is 0 Å². The molecule has 2 rings (SSSR count). The SMILES string of the molecule is O=C(O)Cc1cc(F)c(-c2ccc(C(F)(F)F)cc2F)cc1F. The van der Waals surface area contributed by atoms with Crippen LogP contribution >= 0.6 is 0 Å². The largest absolute Gasteiger partial charge is 0.481 e. The molecule has 2 aromatic rings. The summed E-state index contributed by atoms with van der Waals surface area (Å²) in [4.78, 5) is 10.5. The van der Waals surface area contributed by atoms with Crippen LogP contribution in [-0.2, 0) is 17.4 Å². The highest BCUT2D eigenvalue weighted by atomic mass is 19.4. The topological polar surface area (TPSA) is 37.3 Å². The van der Waals surface area contributed by atoms with Crippen LogP contribution < -0.4 is 0 Å². The van der Waals surface area contributed by atoms with E-state index >= 15 is 0 Å². The molecule has 0 amide bonds. The smallest absolute Gasteiger partial charge is 0.416 e. The Morgan fingerprint density at radius 3 is 2.04 bits per heavy atom. The Bertz CT molecular complexity index is 767. The van der Waals surface area contributed by atoms with Crippen molar-refractivity contribution in [3.05, 3.63) is 58.9 Å². The van der Waals surface area contributed by atoms with Crippen molar-refractivity contribution in [3.63, 3.8) is 0 Å². The maximum atomic E-state index is 13.9. The van der Waals surface area contributed by atoms with Gasteiger partial charge in [0, 0.05) is 16.7 Å². The Balaban J connectivity index is 2.51. The highest BCUT2D eigenvalue weighted by Gasteiger charge is 2.31. The first-order valence-electron chi connectivity index (χ1n) is 6.16. The van der Waals surface area contributed by atoms with Crippen molar-refractivity contribution in [1.82, 2.24) is 0 Å². The monoisotopic (exact) mass is 334 g/mol. The van der Waals surface area contributed by atoms with Crippen LogP contribution in [0.1, 0.15) is 11.1 Å². The van der Waals surface area contributed by atoms with Gasteiger partial charge in [0.15, 0.2) is 0 Å². The van der Waals surface area contributed by atoms with Crippen LogP contribution in [0.15, 0.2) is 30.3 Å². The highest BCUT2D eigenvalue weighted by Crippen LogP contribution is 2.34. The molecule has 0 spiro atoms. The predicted octanol–water partition coefficient (Wildman–Crippen LogP) is 4.42. The van der Waals surface area contributed by atoms with Gasteiger partial charge < -0.3 is 5.11 Å². The Morgan fingerprint density at radius 1 is 0.913 bits per heavy atom. The third kappa shape index (κ3) is 3.64. The van der Waals surface area contributed by atoms with E-state index in [0.717, 1.165) is 0 Å². The Morgan fingerprint density at radius 2 is 1.52 bits per heavy atom. The fourth-order valence-corrected chi connectivity index (χ4v) is 2.00. The molecule has 2 aromatic carbocycles. The maximum Gasteiger partial charge on any atom is 0.416 e. The second-order valence-electron chi connectivity index (χ2n) is 4.69. The highest BCUT2D eigenvalue weighted by molar-refractivity contribution is 5.72. The number of halogens is 6. The van der Waals surface area contributed by atoms with Crippen LogP contribution in [0, 0.1) is 17.5 Å². The molecule has 122 valence electrons. The fraction of sp³-hybridized carbons (Fsp3) is 0.133. The van der Waals surface area contributed by atoms with Crippen LogP contribution in [-0.4, -0.2) is 11.1 Å². The average molecular weight is 334 g/mol. The molecule has 0 aliphatic rings. The molecule has 0 saturated carbocycles. The molecule has 0 aromatic heterocycles. The summed E-state index contributed by atoms with van der Waals surface area (Å²) in [5.41, 5.74) is -2.87. The third-order valence-corrected chi connectivity index (χ3v) is 3.06. The first-order valence-corrected chi connectivity index (χ1v) is 6.16. The molecule has 23 heavy (non-hydrogen) atoms. The van der Waals surface area contributed by atoms with Gasteiger partial charge >= 0.3 is 12.1 Å². The van der Waals surface area contributed by atoms with Crippen molar-refractivity contribution in [1.29, 1.82) is 0 Å². The first kappa shape index (κ1) is 16.9. The summed E-state index contributed by atoms with van der Waals surface area (Å²) in [7, 11) is 0. The number of alkyl halides is 3. The lowest BCUT2D eigenvalue weighted by atomic mass is 9.99. The second-order valence-corrected chi connectivity index (χ2v) is 4.69. The molecule has 0 saturated heterocycles. The van der Waals surface area contributed by atoms with Crippen LogP contribution in [0.2, 0.25) is 0 Å². The van der Waals surface area contributed by atoms with Crippen molar-refractivity contribution in [2.45, 2.75) is 12.6 Å². The second kappa shape index (κ2) is 5.94. The Hall–Kier alpha value is -2.51. The van der Waals surface area contributed by atoms with E-state index in [9.17, 15) is 31.1 Å². The number of rotatable bonds is 3. The Kier molecular flexibility index (Phi) is 4.35. The van der Waals surface area contributed by atoms with Gasteiger partial charge in [-0.05, 0) is 24.3 Å². The van der Waals surface area contributed by atoms with Gasteiger partial charge in [-0.25, -0.2) is 13.2 Å². The van der Waals surface area contributed by atoms with Gasteiger partial charge in [-0.2, -0.15) is 13.2 Å². The number of carboxylic acid groups (broad SMARTS) is 1. The van der Waals surface area contributed by atoms with Crippen molar-refractivity contribution in [2.75, 3.05) is 0 Å². The minimum absolute atomic E-state index is 0.178. The molecule has 8 heteroatoms. The maximum absolute atomic E-state index is 13.9. The summed E-state index contributed by atoms with van der Waals surface area (Å²) >= 11 is 0. The lowest BCUT2D eigenvalue weighted by Gasteiger charge is -2.11. The molecule has 1 N–H and O–H groups in total. The number of aliphatic carboxylic acids is 1. The van der Waals surface area contributed by atoms with Gasteiger partial charge in [-0.15, -0.1) is 0 Å². The zero-order valence-electron chi connectivity index (χ0n) is 11.2. The van der Waals surface area contributed by atoms with Gasteiger partial charge in [0.1, 0.15) is 17.5 Å². The van der Waals surface area contributed by atoms with E-state index in [2.05, 4.69) is 0 Å².